The Balaban J connectivity index is 1.42. The Morgan fingerprint density at radius 3 is 1.49 bits per heavy atom. The number of rotatable bonds is 21. The van der Waals surface area contributed by atoms with Crippen molar-refractivity contribution < 1.29 is 56.6 Å². The molecule has 14 heteroatoms. The Bertz CT molecular complexity index is 2020. The van der Waals surface area contributed by atoms with Gasteiger partial charge in [0.15, 0.2) is 27.0 Å². The molecule has 2 fully saturated rings. The second kappa shape index (κ2) is 23.9. The maximum Gasteiger partial charge on any atom is 0.303 e. The quantitative estimate of drug-likeness (QED) is 0.0643. The van der Waals surface area contributed by atoms with E-state index in [1.54, 1.807) is 0 Å². The molecule has 352 valence electrons. The first kappa shape index (κ1) is 50.1. The van der Waals surface area contributed by atoms with Gasteiger partial charge in [-0.1, -0.05) is 142 Å². The minimum Gasteiger partial charge on any atom is -0.454 e. The van der Waals surface area contributed by atoms with E-state index in [1.807, 2.05) is 121 Å². The van der Waals surface area contributed by atoms with Crippen LogP contribution >= 0.6 is 0 Å². The third-order valence-electron chi connectivity index (χ3n) is 12.1. The maximum absolute atomic E-state index is 13.2. The Morgan fingerprint density at radius 2 is 1.03 bits per heavy atom. The van der Waals surface area contributed by atoms with E-state index in [-0.39, 0.29) is 44.0 Å². The predicted molar refractivity (Wildman–Crippen MR) is 247 cm³/mol. The van der Waals surface area contributed by atoms with Crippen molar-refractivity contribution in [3.05, 3.63) is 144 Å². The zero-order chi connectivity index (χ0) is 46.4. The van der Waals surface area contributed by atoms with E-state index >= 15 is 0 Å². The van der Waals surface area contributed by atoms with Crippen LogP contribution in [0, 0.1) is 0 Å². The third kappa shape index (κ3) is 14.3. The number of esters is 1. The van der Waals surface area contributed by atoms with E-state index in [0.717, 1.165) is 22.3 Å². The highest BCUT2D eigenvalue weighted by molar-refractivity contribution is 6.74. The van der Waals surface area contributed by atoms with Crippen molar-refractivity contribution in [1.82, 2.24) is 5.32 Å². The van der Waals surface area contributed by atoms with Crippen LogP contribution in [0.2, 0.25) is 18.1 Å². The first-order valence-electron chi connectivity index (χ1n) is 22.4. The van der Waals surface area contributed by atoms with Crippen LogP contribution in [0.4, 0.5) is 0 Å². The van der Waals surface area contributed by atoms with Gasteiger partial charge < -0.3 is 52.4 Å². The molecule has 0 unspecified atom stereocenters. The molecule has 10 atom stereocenters. The molecule has 4 aromatic rings. The SMILES string of the molecule is CO[C@@H]1O[C@H](CO[Si](C)(C)C(C)(C)C)[C@@H](O[C@@H]2O[C@H](COCc3ccccc3)[C@H](OCc3ccccc3)[C@H](OCc3ccccc3)[C@H]2OC(C)=O)[C@H](OCc2ccccc2)[C@H]1NC(C)=O. The van der Waals surface area contributed by atoms with Gasteiger partial charge in [-0.05, 0) is 40.4 Å². The van der Waals surface area contributed by atoms with Gasteiger partial charge in [0.2, 0.25) is 5.91 Å². The van der Waals surface area contributed by atoms with Crippen LogP contribution in [0.3, 0.4) is 0 Å². The van der Waals surface area contributed by atoms with Gasteiger partial charge >= 0.3 is 5.97 Å². The Morgan fingerprint density at radius 1 is 0.585 bits per heavy atom. The molecule has 1 N–H and O–H groups in total. The molecule has 0 saturated carbocycles. The minimum absolute atomic E-state index is 0.0689. The molecule has 13 nitrogen and oxygen atoms in total. The maximum atomic E-state index is 13.2. The van der Waals surface area contributed by atoms with Crippen molar-refractivity contribution in [2.45, 2.75) is 141 Å². The van der Waals surface area contributed by atoms with Gasteiger partial charge in [-0.25, -0.2) is 0 Å². The van der Waals surface area contributed by atoms with Crippen molar-refractivity contribution in [1.29, 1.82) is 0 Å². The number of methoxy groups -OCH3 is 1. The minimum atomic E-state index is -2.37. The monoisotopic (exact) mass is 913 g/mol. The highest BCUT2D eigenvalue weighted by Gasteiger charge is 2.55. The molecule has 0 aromatic heterocycles. The topological polar surface area (TPSA) is 138 Å². The average molecular weight is 914 g/mol. The standard InChI is InChI=1S/C51H67NO12Si/c1-35(53)52-43-46(58-31-39-25-17-11-18-26-39)45(42(62-49(43)55-6)34-60-65(7,8)51(3,4)5)64-50-48(61-36(2)54)47(59-32-40-27-19-12-20-28-40)44(57-30-38-23-15-10-16-24-38)41(63-50)33-56-29-37-21-13-9-14-22-37/h9-28,41-50H,29-34H2,1-8H3,(H,52,53)/t41-,42-,43-,44+,45-,46-,47+,48-,49-,50+/m1/s1. The van der Waals surface area contributed by atoms with Gasteiger partial charge in [-0.2, -0.15) is 0 Å². The second-order valence-electron chi connectivity index (χ2n) is 18.1. The van der Waals surface area contributed by atoms with Crippen molar-refractivity contribution >= 4 is 20.2 Å². The van der Waals surface area contributed by atoms with Crippen LogP contribution < -0.4 is 5.32 Å². The van der Waals surface area contributed by atoms with Gasteiger partial charge in [0.25, 0.3) is 0 Å². The van der Waals surface area contributed by atoms with Gasteiger partial charge in [-0.3, -0.25) is 9.59 Å². The first-order valence-corrected chi connectivity index (χ1v) is 25.3. The molecule has 2 heterocycles. The van der Waals surface area contributed by atoms with E-state index in [9.17, 15) is 9.59 Å². The third-order valence-corrected chi connectivity index (χ3v) is 16.6. The summed E-state index contributed by atoms with van der Waals surface area (Å²) in [6, 6.07) is 38.2. The number of hydrogen-bond donors (Lipinski definition) is 1. The Kier molecular flexibility index (Phi) is 18.4. The van der Waals surface area contributed by atoms with E-state index in [0.29, 0.717) is 6.61 Å². The normalized spacial score (nSPS) is 26.0. The lowest BCUT2D eigenvalue weighted by Gasteiger charge is -2.50. The largest absolute Gasteiger partial charge is 0.454 e. The molecule has 2 aliphatic heterocycles. The van der Waals surface area contributed by atoms with Gasteiger partial charge in [0.1, 0.15) is 42.7 Å². The lowest BCUT2D eigenvalue weighted by molar-refractivity contribution is -0.358. The zero-order valence-corrected chi connectivity index (χ0v) is 40.0. The number of ether oxygens (including phenoxy) is 9. The molecule has 6 rings (SSSR count). The summed E-state index contributed by atoms with van der Waals surface area (Å²) in [7, 11) is -0.850. The van der Waals surface area contributed by atoms with Crippen LogP contribution in [-0.2, 0) is 83.1 Å². The lowest BCUT2D eigenvalue weighted by Crippen LogP contribution is -2.69. The fourth-order valence-electron chi connectivity index (χ4n) is 7.65. The van der Waals surface area contributed by atoms with E-state index in [2.05, 4.69) is 39.2 Å². The number of hydrogen-bond acceptors (Lipinski definition) is 12. The van der Waals surface area contributed by atoms with Crippen LogP contribution in [0.1, 0.15) is 56.9 Å². The fourth-order valence-corrected chi connectivity index (χ4v) is 8.66. The molecule has 0 bridgehead atoms. The summed E-state index contributed by atoms with van der Waals surface area (Å²) in [6.07, 6.45) is -8.63. The number of carbonyl (C=O) groups is 2. The Labute approximate surface area is 385 Å². The predicted octanol–water partition coefficient (Wildman–Crippen LogP) is 7.90. The van der Waals surface area contributed by atoms with E-state index < -0.39 is 75.6 Å². The van der Waals surface area contributed by atoms with Crippen molar-refractivity contribution in [3.8, 4) is 0 Å². The molecule has 2 saturated heterocycles. The van der Waals surface area contributed by atoms with Gasteiger partial charge in [-0.15, -0.1) is 0 Å². The summed E-state index contributed by atoms with van der Waals surface area (Å²) < 4.78 is 66.6. The number of carbonyl (C=O) groups excluding carboxylic acids is 2. The van der Waals surface area contributed by atoms with Crippen molar-refractivity contribution in [2.75, 3.05) is 20.3 Å². The number of benzene rings is 4. The van der Waals surface area contributed by atoms with Crippen LogP contribution in [-0.4, -0.2) is 102 Å². The molecule has 0 radical (unpaired) electrons. The van der Waals surface area contributed by atoms with E-state index in [1.165, 1.54) is 21.0 Å². The summed E-state index contributed by atoms with van der Waals surface area (Å²) in [5, 5.41) is 2.89. The van der Waals surface area contributed by atoms with Crippen molar-refractivity contribution in [2.24, 2.45) is 0 Å². The molecule has 1 amide bonds. The van der Waals surface area contributed by atoms with Crippen LogP contribution in [0.15, 0.2) is 121 Å². The summed E-state index contributed by atoms with van der Waals surface area (Å²) in [5.74, 6) is -0.898. The van der Waals surface area contributed by atoms with Crippen molar-refractivity contribution in [3.63, 3.8) is 0 Å². The van der Waals surface area contributed by atoms with Crippen LogP contribution in [0.5, 0.6) is 0 Å². The molecule has 0 aliphatic carbocycles. The second-order valence-corrected chi connectivity index (χ2v) is 22.9. The van der Waals surface area contributed by atoms with E-state index in [4.69, 9.17) is 47.1 Å². The molecular weight excluding hydrogens is 847 g/mol. The fraction of sp³-hybridized carbons (Fsp3) is 0.490. The highest BCUT2D eigenvalue weighted by atomic mass is 28.4. The number of nitrogens with one attached hydrogen (secondary N) is 1. The summed E-state index contributed by atoms with van der Waals surface area (Å²) in [6.45, 7) is 14.6. The number of amides is 1. The molecule has 4 aromatic carbocycles. The molecular formula is C51H67NO12Si. The molecule has 0 spiro atoms. The van der Waals surface area contributed by atoms with Crippen LogP contribution in [0.25, 0.3) is 0 Å². The highest BCUT2D eigenvalue weighted by Crippen LogP contribution is 2.39. The molecule has 2 aliphatic rings. The Hall–Kier alpha value is -4.32. The molecule has 65 heavy (non-hydrogen) atoms. The summed E-state index contributed by atoms with van der Waals surface area (Å²) >= 11 is 0. The smallest absolute Gasteiger partial charge is 0.303 e. The summed E-state index contributed by atoms with van der Waals surface area (Å²) in [5.41, 5.74) is 3.71. The average Bonchev–Trinajstić information content (AvgIpc) is 3.29. The zero-order valence-electron chi connectivity index (χ0n) is 39.0. The van der Waals surface area contributed by atoms with Gasteiger partial charge in [0, 0.05) is 21.0 Å². The lowest BCUT2D eigenvalue weighted by atomic mass is 9.94. The first-order chi connectivity index (χ1) is 31.2. The summed E-state index contributed by atoms with van der Waals surface area (Å²) in [4.78, 5) is 26.2. The van der Waals surface area contributed by atoms with Gasteiger partial charge in [0.05, 0.1) is 39.6 Å².